The van der Waals surface area contributed by atoms with Gasteiger partial charge in [0.05, 0.1) is 25.3 Å². The van der Waals surface area contributed by atoms with Gasteiger partial charge in [-0.25, -0.2) is 9.48 Å². The lowest BCUT2D eigenvalue weighted by molar-refractivity contribution is -0.149. The van der Waals surface area contributed by atoms with Crippen LogP contribution in [0.15, 0.2) is 24.3 Å². The number of likely N-dealkylation sites (tertiary alicyclic amines) is 1. The number of carbonyl (C=O) groups is 3. The molecule has 166 valence electrons. The molecule has 0 aliphatic carbocycles. The number of hydrogen-bond donors (Lipinski definition) is 0. The van der Waals surface area contributed by atoms with Crippen molar-refractivity contribution >= 4 is 41.0 Å². The fourth-order valence-corrected chi connectivity index (χ4v) is 4.01. The molecule has 0 N–H and O–H groups in total. The average molecular weight is 468 g/mol. The molecule has 1 amide bonds. The zero-order valence-electron chi connectivity index (χ0n) is 17.3. The number of nitrogens with zero attached hydrogens (tertiary/aromatic N) is 3. The van der Waals surface area contributed by atoms with Crippen LogP contribution in [0.25, 0.3) is 0 Å². The largest absolute Gasteiger partial charge is 0.469 e. The monoisotopic (exact) mass is 467 g/mol. The highest BCUT2D eigenvalue weighted by atomic mass is 35.5. The van der Waals surface area contributed by atoms with E-state index in [2.05, 4.69) is 5.10 Å². The minimum Gasteiger partial charge on any atom is -0.469 e. The first-order valence-corrected chi connectivity index (χ1v) is 10.6. The van der Waals surface area contributed by atoms with Gasteiger partial charge in [-0.1, -0.05) is 41.4 Å². The average Bonchev–Trinajstić information content (AvgIpc) is 3.05. The first-order valence-electron chi connectivity index (χ1n) is 9.80. The number of ether oxygens (including phenoxy) is 2. The molecule has 1 fully saturated rings. The molecule has 31 heavy (non-hydrogen) atoms. The molecule has 0 spiro atoms. The molecule has 1 aromatic carbocycles. The molecule has 0 radical (unpaired) electrons. The number of rotatable bonds is 6. The summed E-state index contributed by atoms with van der Waals surface area (Å²) in [7, 11) is 1.35. The number of halogens is 2. The van der Waals surface area contributed by atoms with Crippen molar-refractivity contribution in [3.63, 3.8) is 0 Å². The van der Waals surface area contributed by atoms with Gasteiger partial charge in [0.2, 0.25) is 0 Å². The van der Waals surface area contributed by atoms with Gasteiger partial charge in [0.25, 0.3) is 5.91 Å². The normalized spacial score (nSPS) is 14.4. The van der Waals surface area contributed by atoms with Crippen LogP contribution < -0.4 is 0 Å². The third kappa shape index (κ3) is 5.37. The Kier molecular flexibility index (Phi) is 7.56. The van der Waals surface area contributed by atoms with Gasteiger partial charge in [0, 0.05) is 18.1 Å². The number of hydrogen-bond acceptors (Lipinski definition) is 6. The fraction of sp³-hybridized carbons (Fsp3) is 0.429. The van der Waals surface area contributed by atoms with E-state index in [4.69, 9.17) is 32.7 Å². The maximum Gasteiger partial charge on any atom is 0.343 e. The van der Waals surface area contributed by atoms with Gasteiger partial charge < -0.3 is 14.4 Å². The molecule has 1 aliphatic rings. The first kappa shape index (κ1) is 23.1. The summed E-state index contributed by atoms with van der Waals surface area (Å²) in [5.41, 5.74) is 1.32. The minimum atomic E-state index is -0.717. The second kappa shape index (κ2) is 10.2. The second-order valence-corrected chi connectivity index (χ2v) is 8.02. The predicted octanol–water partition coefficient (Wildman–Crippen LogP) is 3.12. The second-order valence-electron chi connectivity index (χ2n) is 7.25. The maximum absolute atomic E-state index is 12.6. The van der Waals surface area contributed by atoms with Gasteiger partial charge >= 0.3 is 11.9 Å². The van der Waals surface area contributed by atoms with E-state index >= 15 is 0 Å². The van der Waals surface area contributed by atoms with Crippen LogP contribution in [0.5, 0.6) is 0 Å². The Morgan fingerprint density at radius 3 is 2.48 bits per heavy atom. The third-order valence-corrected chi connectivity index (χ3v) is 6.01. The molecule has 2 heterocycles. The van der Waals surface area contributed by atoms with Crippen molar-refractivity contribution in [1.29, 1.82) is 0 Å². The highest BCUT2D eigenvalue weighted by Gasteiger charge is 2.29. The van der Waals surface area contributed by atoms with Crippen LogP contribution in [-0.2, 0) is 25.6 Å². The van der Waals surface area contributed by atoms with Crippen LogP contribution in [0.3, 0.4) is 0 Å². The number of piperidine rings is 1. The minimum absolute atomic E-state index is 0.117. The van der Waals surface area contributed by atoms with Crippen molar-refractivity contribution in [2.24, 2.45) is 5.92 Å². The molecule has 8 nitrogen and oxygen atoms in total. The molecular weight excluding hydrogens is 445 g/mol. The Morgan fingerprint density at radius 2 is 1.84 bits per heavy atom. The van der Waals surface area contributed by atoms with Gasteiger partial charge in [0.15, 0.2) is 6.61 Å². The van der Waals surface area contributed by atoms with E-state index in [1.807, 2.05) is 18.2 Å². The number of amides is 1. The summed E-state index contributed by atoms with van der Waals surface area (Å²) in [6, 6.07) is 7.27. The van der Waals surface area contributed by atoms with E-state index < -0.39 is 12.6 Å². The number of aromatic nitrogens is 2. The van der Waals surface area contributed by atoms with Gasteiger partial charge in [-0.05, 0) is 31.4 Å². The Morgan fingerprint density at radius 1 is 1.16 bits per heavy atom. The van der Waals surface area contributed by atoms with Crippen LogP contribution >= 0.6 is 23.2 Å². The molecule has 10 heteroatoms. The molecular formula is C21H23Cl2N3O5. The molecule has 3 rings (SSSR count). The van der Waals surface area contributed by atoms with Gasteiger partial charge in [0.1, 0.15) is 10.7 Å². The maximum atomic E-state index is 12.6. The number of esters is 2. The summed E-state index contributed by atoms with van der Waals surface area (Å²) in [5.74, 6) is -1.51. The van der Waals surface area contributed by atoms with Crippen molar-refractivity contribution in [1.82, 2.24) is 14.7 Å². The summed E-state index contributed by atoms with van der Waals surface area (Å²) >= 11 is 12.6. The number of aryl methyl sites for hydroxylation is 1. The lowest BCUT2D eigenvalue weighted by Gasteiger charge is -2.30. The van der Waals surface area contributed by atoms with Crippen LogP contribution in [0, 0.1) is 12.8 Å². The lowest BCUT2D eigenvalue weighted by atomic mass is 9.97. The number of carbonyl (C=O) groups excluding carboxylic acids is 3. The molecule has 0 bridgehead atoms. The Bertz CT molecular complexity index is 983. The van der Waals surface area contributed by atoms with Crippen LogP contribution in [0.4, 0.5) is 0 Å². The smallest absolute Gasteiger partial charge is 0.343 e. The number of benzene rings is 1. The predicted molar refractivity (Wildman–Crippen MR) is 114 cm³/mol. The van der Waals surface area contributed by atoms with Crippen molar-refractivity contribution < 1.29 is 23.9 Å². The van der Waals surface area contributed by atoms with E-state index in [0.717, 1.165) is 5.56 Å². The summed E-state index contributed by atoms with van der Waals surface area (Å²) in [6.07, 6.45) is 1.04. The van der Waals surface area contributed by atoms with Crippen molar-refractivity contribution in [2.45, 2.75) is 26.3 Å². The molecule has 1 saturated heterocycles. The quantitative estimate of drug-likeness (QED) is 0.606. The van der Waals surface area contributed by atoms with Crippen molar-refractivity contribution in [3.8, 4) is 0 Å². The van der Waals surface area contributed by atoms with Crippen molar-refractivity contribution in [3.05, 3.63) is 51.3 Å². The molecule has 1 aliphatic heterocycles. The summed E-state index contributed by atoms with van der Waals surface area (Å²) in [4.78, 5) is 38.1. The molecule has 1 aromatic heterocycles. The van der Waals surface area contributed by atoms with Crippen LogP contribution in [-0.4, -0.2) is 59.3 Å². The number of methoxy groups -OCH3 is 1. The van der Waals surface area contributed by atoms with E-state index in [-0.39, 0.29) is 28.5 Å². The zero-order valence-corrected chi connectivity index (χ0v) is 18.8. The fourth-order valence-electron chi connectivity index (χ4n) is 3.50. The summed E-state index contributed by atoms with van der Waals surface area (Å²) in [5, 5.41) is 4.99. The van der Waals surface area contributed by atoms with Crippen molar-refractivity contribution in [2.75, 3.05) is 26.8 Å². The zero-order chi connectivity index (χ0) is 22.5. The Hall–Kier alpha value is -2.58. The first-order chi connectivity index (χ1) is 14.8. The highest BCUT2D eigenvalue weighted by Crippen LogP contribution is 2.24. The van der Waals surface area contributed by atoms with E-state index in [0.29, 0.717) is 43.2 Å². The lowest BCUT2D eigenvalue weighted by Crippen LogP contribution is -2.42. The SMILES string of the molecule is COC(=O)C1CCN(C(=O)COC(=O)c2c(C)nn(Cc3ccccc3Cl)c2Cl)CC1. The van der Waals surface area contributed by atoms with E-state index in [9.17, 15) is 14.4 Å². The van der Waals surface area contributed by atoms with E-state index in [1.54, 1.807) is 17.9 Å². The summed E-state index contributed by atoms with van der Waals surface area (Å²) in [6.45, 7) is 2.34. The standard InChI is InChI=1S/C21H23Cl2N3O5/c1-13-18(19(23)26(24-13)11-15-5-3-4-6-16(15)22)21(29)31-12-17(27)25-9-7-14(8-10-25)20(28)30-2/h3-6,14H,7-12H2,1-2H3. The van der Waals surface area contributed by atoms with Gasteiger partial charge in [-0.2, -0.15) is 5.10 Å². The molecule has 0 unspecified atom stereocenters. The molecule has 0 saturated carbocycles. The van der Waals surface area contributed by atoms with Gasteiger partial charge in [-0.15, -0.1) is 0 Å². The van der Waals surface area contributed by atoms with E-state index in [1.165, 1.54) is 11.8 Å². The van der Waals surface area contributed by atoms with Crippen LogP contribution in [0.2, 0.25) is 10.2 Å². The summed E-state index contributed by atoms with van der Waals surface area (Å²) < 4.78 is 11.4. The van der Waals surface area contributed by atoms with Crippen LogP contribution in [0.1, 0.15) is 34.5 Å². The third-order valence-electron chi connectivity index (χ3n) is 5.26. The van der Waals surface area contributed by atoms with Gasteiger partial charge in [-0.3, -0.25) is 9.59 Å². The molecule has 2 aromatic rings. The Balaban J connectivity index is 1.58. The Labute approximate surface area is 190 Å². The topological polar surface area (TPSA) is 90.7 Å². The highest BCUT2D eigenvalue weighted by molar-refractivity contribution is 6.33. The molecule has 0 atom stereocenters.